The monoisotopic (exact) mass is 360 g/mol. The van der Waals surface area contributed by atoms with Crippen molar-refractivity contribution in [3.8, 4) is 11.8 Å². The van der Waals surface area contributed by atoms with E-state index in [1.165, 1.54) is 116 Å². The van der Waals surface area contributed by atoms with Gasteiger partial charge in [0, 0.05) is 12.8 Å². The molecule has 2 radical (unpaired) electrons. The van der Waals surface area contributed by atoms with Gasteiger partial charge in [0.25, 0.3) is 0 Å². The van der Waals surface area contributed by atoms with Crippen LogP contribution in [0.4, 0.5) is 0 Å². The molecule has 0 heteroatoms. The first-order valence-electron chi connectivity index (χ1n) is 12.0. The number of rotatable bonds is 20. The van der Waals surface area contributed by atoms with Gasteiger partial charge in [0.05, 0.1) is 0 Å². The average Bonchev–Trinajstić information content (AvgIpc) is 2.66. The van der Waals surface area contributed by atoms with Gasteiger partial charge in [0.1, 0.15) is 0 Å². The van der Waals surface area contributed by atoms with Gasteiger partial charge in [-0.05, 0) is 12.8 Å². The molecule has 0 aromatic rings. The molecule has 0 fully saturated rings. The fourth-order valence-corrected chi connectivity index (χ4v) is 3.43. The zero-order chi connectivity index (χ0) is 19.0. The number of unbranched alkanes of at least 4 members (excludes halogenated alkanes) is 20. The molecule has 0 saturated carbocycles. The highest BCUT2D eigenvalue weighted by atomic mass is 14.0. The van der Waals surface area contributed by atoms with Gasteiger partial charge in [-0.3, -0.25) is 0 Å². The maximum atomic E-state index is 3.90. The van der Waals surface area contributed by atoms with Gasteiger partial charge in [0.2, 0.25) is 0 Å². The van der Waals surface area contributed by atoms with E-state index in [1.807, 2.05) is 0 Å². The molecule has 0 saturated heterocycles. The molecule has 0 aliphatic heterocycles. The molecule has 0 nitrogen and oxygen atoms in total. The molecule has 152 valence electrons. The molecule has 0 aromatic carbocycles. The lowest BCUT2D eigenvalue weighted by Crippen LogP contribution is -1.83. The Labute approximate surface area is 167 Å². The van der Waals surface area contributed by atoms with E-state index in [4.69, 9.17) is 0 Å². The quantitative estimate of drug-likeness (QED) is 0.150. The second kappa shape index (κ2) is 24.6. The molecule has 0 unspecified atom stereocenters. The summed E-state index contributed by atoms with van der Waals surface area (Å²) < 4.78 is 0. The molecule has 0 heterocycles. The standard InChI is InChI=1S/C26H48/c1-3-5-7-9-11-13-15-17-19-21-23-25-26-24-22-20-18-16-14-12-10-8-6-4-2/h1-19,21,23-26H2. The predicted octanol–water partition coefficient (Wildman–Crippen LogP) is 9.24. The maximum absolute atomic E-state index is 3.90. The summed E-state index contributed by atoms with van der Waals surface area (Å²) in [7, 11) is 0. The first-order valence-corrected chi connectivity index (χ1v) is 12.0. The van der Waals surface area contributed by atoms with Crippen molar-refractivity contribution in [3.05, 3.63) is 13.8 Å². The molecule has 0 bridgehead atoms. The third-order valence-electron chi connectivity index (χ3n) is 5.23. The summed E-state index contributed by atoms with van der Waals surface area (Å²) >= 11 is 0. The molecule has 0 aliphatic carbocycles. The third kappa shape index (κ3) is 23.6. The van der Waals surface area contributed by atoms with Crippen LogP contribution in [0, 0.1) is 25.7 Å². The second-order valence-electron chi connectivity index (χ2n) is 7.92. The van der Waals surface area contributed by atoms with E-state index in [9.17, 15) is 0 Å². The van der Waals surface area contributed by atoms with Crippen molar-refractivity contribution in [2.75, 3.05) is 0 Å². The van der Waals surface area contributed by atoms with E-state index in [2.05, 4.69) is 25.7 Å². The van der Waals surface area contributed by atoms with E-state index >= 15 is 0 Å². The first kappa shape index (κ1) is 25.6. The van der Waals surface area contributed by atoms with Crippen LogP contribution in [-0.4, -0.2) is 0 Å². The van der Waals surface area contributed by atoms with Crippen LogP contribution < -0.4 is 0 Å². The zero-order valence-corrected chi connectivity index (χ0v) is 18.0. The van der Waals surface area contributed by atoms with Crippen molar-refractivity contribution >= 4 is 0 Å². The summed E-state index contributed by atoms with van der Waals surface area (Å²) in [6.07, 6.45) is 29.5. The van der Waals surface area contributed by atoms with E-state index in [0.29, 0.717) is 0 Å². The van der Waals surface area contributed by atoms with Crippen LogP contribution >= 0.6 is 0 Å². The SMILES string of the molecule is [CH2]CCCCCCCCC#CCCCCCCCCCCCCCC[CH2]. The van der Waals surface area contributed by atoms with Crippen molar-refractivity contribution in [2.45, 2.75) is 141 Å². The summed E-state index contributed by atoms with van der Waals surface area (Å²) in [5, 5.41) is 0. The van der Waals surface area contributed by atoms with E-state index in [-0.39, 0.29) is 0 Å². The zero-order valence-electron chi connectivity index (χ0n) is 18.0. The Kier molecular flexibility index (Phi) is 24.1. The van der Waals surface area contributed by atoms with Gasteiger partial charge in [-0.25, -0.2) is 0 Å². The van der Waals surface area contributed by atoms with Gasteiger partial charge in [0.15, 0.2) is 0 Å². The lowest BCUT2D eigenvalue weighted by Gasteiger charge is -2.02. The van der Waals surface area contributed by atoms with Crippen LogP contribution in [0.2, 0.25) is 0 Å². The smallest absolute Gasteiger partial charge is 0.00886 e. The second-order valence-corrected chi connectivity index (χ2v) is 7.92. The van der Waals surface area contributed by atoms with E-state index in [1.54, 1.807) is 0 Å². The molecule has 0 N–H and O–H groups in total. The minimum absolute atomic E-state index is 1.10. The molecule has 0 amide bonds. The van der Waals surface area contributed by atoms with Crippen molar-refractivity contribution in [2.24, 2.45) is 0 Å². The lowest BCUT2D eigenvalue weighted by molar-refractivity contribution is 0.542. The number of hydrogen-bond acceptors (Lipinski definition) is 0. The van der Waals surface area contributed by atoms with Gasteiger partial charge in [-0.1, -0.05) is 129 Å². The van der Waals surface area contributed by atoms with E-state index < -0.39 is 0 Å². The van der Waals surface area contributed by atoms with Crippen LogP contribution in [-0.2, 0) is 0 Å². The fourth-order valence-electron chi connectivity index (χ4n) is 3.43. The average molecular weight is 361 g/mol. The molecule has 0 rings (SSSR count). The van der Waals surface area contributed by atoms with Gasteiger partial charge in [-0.2, -0.15) is 0 Å². The number of hydrogen-bond donors (Lipinski definition) is 0. The summed E-state index contributed by atoms with van der Waals surface area (Å²) in [5.41, 5.74) is 0. The van der Waals surface area contributed by atoms with Crippen molar-refractivity contribution in [1.29, 1.82) is 0 Å². The Morgan fingerprint density at radius 1 is 0.308 bits per heavy atom. The Hall–Kier alpha value is -0.440. The summed E-state index contributed by atoms with van der Waals surface area (Å²) in [6.45, 7) is 7.79. The Morgan fingerprint density at radius 3 is 0.808 bits per heavy atom. The Balaban J connectivity index is 3.07. The fraction of sp³-hybridized carbons (Fsp3) is 0.846. The Bertz CT molecular complexity index is 293. The highest BCUT2D eigenvalue weighted by molar-refractivity contribution is 4.98. The summed E-state index contributed by atoms with van der Waals surface area (Å²) in [5.74, 6) is 6.74. The van der Waals surface area contributed by atoms with Crippen LogP contribution in [0.3, 0.4) is 0 Å². The van der Waals surface area contributed by atoms with E-state index in [0.717, 1.165) is 25.7 Å². The minimum Gasteiger partial charge on any atom is -0.103 e. The van der Waals surface area contributed by atoms with Crippen molar-refractivity contribution in [3.63, 3.8) is 0 Å². The van der Waals surface area contributed by atoms with Gasteiger partial charge >= 0.3 is 0 Å². The maximum Gasteiger partial charge on any atom is 0.00886 e. The van der Waals surface area contributed by atoms with Crippen molar-refractivity contribution < 1.29 is 0 Å². The molecular weight excluding hydrogens is 312 g/mol. The van der Waals surface area contributed by atoms with Crippen LogP contribution in [0.1, 0.15) is 141 Å². The first-order chi connectivity index (χ1) is 12.9. The van der Waals surface area contributed by atoms with Crippen LogP contribution in [0.25, 0.3) is 0 Å². The lowest BCUT2D eigenvalue weighted by atomic mass is 10.0. The topological polar surface area (TPSA) is 0 Å². The molecule has 0 aliphatic rings. The normalized spacial score (nSPS) is 10.7. The largest absolute Gasteiger partial charge is 0.103 e. The molecule has 26 heavy (non-hydrogen) atoms. The Morgan fingerprint density at radius 2 is 0.538 bits per heavy atom. The molecule has 0 aromatic heterocycles. The van der Waals surface area contributed by atoms with Crippen LogP contribution in [0.15, 0.2) is 0 Å². The predicted molar refractivity (Wildman–Crippen MR) is 120 cm³/mol. The van der Waals surface area contributed by atoms with Crippen molar-refractivity contribution in [1.82, 2.24) is 0 Å². The highest BCUT2D eigenvalue weighted by Crippen LogP contribution is 2.13. The molecular formula is C26H48. The van der Waals surface area contributed by atoms with Gasteiger partial charge in [-0.15, -0.1) is 11.8 Å². The summed E-state index contributed by atoms with van der Waals surface area (Å²) in [6, 6.07) is 0. The minimum atomic E-state index is 1.10. The molecule has 0 atom stereocenters. The molecule has 0 spiro atoms. The van der Waals surface area contributed by atoms with Crippen LogP contribution in [0.5, 0.6) is 0 Å². The summed E-state index contributed by atoms with van der Waals surface area (Å²) in [4.78, 5) is 0. The highest BCUT2D eigenvalue weighted by Gasteiger charge is 1.93. The van der Waals surface area contributed by atoms with Gasteiger partial charge < -0.3 is 0 Å². The third-order valence-corrected chi connectivity index (χ3v) is 5.23.